The molecule has 0 radical (unpaired) electrons. The minimum atomic E-state index is 0.243. The molecule has 0 aliphatic rings. The summed E-state index contributed by atoms with van der Waals surface area (Å²) in [5.41, 5.74) is 2.12. The molecule has 0 aliphatic carbocycles. The standard InChI is InChI=1S/C13H11N3O/c14-8-13-12(2-1-7-15-13)16-9-10-3-5-11(17)6-4-10/h1-7,16-17H,9H2. The fourth-order valence-electron chi connectivity index (χ4n) is 1.45. The predicted molar refractivity (Wildman–Crippen MR) is 64.4 cm³/mol. The first-order valence-electron chi connectivity index (χ1n) is 5.16. The molecule has 0 aliphatic heterocycles. The van der Waals surface area contributed by atoms with Crippen molar-refractivity contribution in [2.24, 2.45) is 0 Å². The van der Waals surface area contributed by atoms with Crippen LogP contribution in [0.25, 0.3) is 0 Å². The topological polar surface area (TPSA) is 68.9 Å². The average Bonchev–Trinajstić information content (AvgIpc) is 2.38. The van der Waals surface area contributed by atoms with Gasteiger partial charge in [0.1, 0.15) is 11.8 Å². The second-order valence-corrected chi connectivity index (χ2v) is 3.53. The monoisotopic (exact) mass is 225 g/mol. The van der Waals surface area contributed by atoms with Crippen molar-refractivity contribution >= 4 is 5.69 Å². The lowest BCUT2D eigenvalue weighted by atomic mass is 10.2. The molecular weight excluding hydrogens is 214 g/mol. The highest BCUT2D eigenvalue weighted by atomic mass is 16.3. The van der Waals surface area contributed by atoms with Gasteiger partial charge in [0.15, 0.2) is 5.69 Å². The van der Waals surface area contributed by atoms with Gasteiger partial charge in [-0.05, 0) is 29.8 Å². The number of hydrogen-bond acceptors (Lipinski definition) is 4. The van der Waals surface area contributed by atoms with Gasteiger partial charge in [0, 0.05) is 12.7 Å². The van der Waals surface area contributed by atoms with E-state index in [1.807, 2.05) is 24.3 Å². The van der Waals surface area contributed by atoms with E-state index in [9.17, 15) is 0 Å². The maximum atomic E-state index is 9.15. The molecular formula is C13H11N3O. The third-order valence-corrected chi connectivity index (χ3v) is 2.33. The molecule has 2 aromatic rings. The van der Waals surface area contributed by atoms with Crippen molar-refractivity contribution in [1.29, 1.82) is 5.26 Å². The van der Waals surface area contributed by atoms with Crippen molar-refractivity contribution in [3.05, 3.63) is 53.9 Å². The Labute approximate surface area is 99.2 Å². The zero-order valence-electron chi connectivity index (χ0n) is 9.09. The van der Waals surface area contributed by atoms with Crippen LogP contribution in [0.3, 0.4) is 0 Å². The number of aromatic hydroxyl groups is 1. The van der Waals surface area contributed by atoms with Gasteiger partial charge in [-0.3, -0.25) is 0 Å². The van der Waals surface area contributed by atoms with Crippen LogP contribution in [0.1, 0.15) is 11.3 Å². The normalized spacial score (nSPS) is 9.59. The van der Waals surface area contributed by atoms with Crippen LogP contribution in [-0.2, 0) is 6.54 Å². The van der Waals surface area contributed by atoms with E-state index in [2.05, 4.69) is 10.3 Å². The van der Waals surface area contributed by atoms with E-state index in [0.29, 0.717) is 17.9 Å². The van der Waals surface area contributed by atoms with E-state index in [1.165, 1.54) is 0 Å². The van der Waals surface area contributed by atoms with Crippen LogP contribution in [0.4, 0.5) is 5.69 Å². The van der Waals surface area contributed by atoms with Crippen LogP contribution < -0.4 is 5.32 Å². The molecule has 2 N–H and O–H groups in total. The third kappa shape index (κ3) is 2.73. The Kier molecular flexibility index (Phi) is 3.22. The molecule has 4 nitrogen and oxygen atoms in total. The number of pyridine rings is 1. The molecule has 84 valence electrons. The zero-order valence-corrected chi connectivity index (χ0v) is 9.09. The number of hydrogen-bond donors (Lipinski definition) is 2. The van der Waals surface area contributed by atoms with Gasteiger partial charge >= 0.3 is 0 Å². The van der Waals surface area contributed by atoms with Gasteiger partial charge in [0.05, 0.1) is 5.69 Å². The summed E-state index contributed by atoms with van der Waals surface area (Å²) in [6.45, 7) is 0.584. The maximum Gasteiger partial charge on any atom is 0.163 e. The fraction of sp³-hybridized carbons (Fsp3) is 0.0769. The Morgan fingerprint density at radius 2 is 2.00 bits per heavy atom. The zero-order chi connectivity index (χ0) is 12.1. The van der Waals surface area contributed by atoms with E-state index in [-0.39, 0.29) is 5.75 Å². The predicted octanol–water partition coefficient (Wildman–Crippen LogP) is 2.27. The molecule has 2 rings (SSSR count). The summed E-state index contributed by atoms with van der Waals surface area (Å²) in [5, 5.41) is 21.2. The molecule has 1 aromatic heterocycles. The smallest absolute Gasteiger partial charge is 0.163 e. The quantitative estimate of drug-likeness (QED) is 0.840. The highest BCUT2D eigenvalue weighted by Crippen LogP contribution is 2.14. The molecule has 0 saturated carbocycles. The summed E-state index contributed by atoms with van der Waals surface area (Å²) in [5.74, 6) is 0.243. The Morgan fingerprint density at radius 3 is 2.71 bits per heavy atom. The van der Waals surface area contributed by atoms with Crippen LogP contribution in [0.15, 0.2) is 42.6 Å². The Hall–Kier alpha value is -2.54. The lowest BCUT2D eigenvalue weighted by Crippen LogP contribution is -2.01. The molecule has 4 heteroatoms. The third-order valence-electron chi connectivity index (χ3n) is 2.33. The fourth-order valence-corrected chi connectivity index (χ4v) is 1.45. The van der Waals surface area contributed by atoms with Gasteiger partial charge in [-0.1, -0.05) is 12.1 Å². The molecule has 0 spiro atoms. The number of benzene rings is 1. The first-order chi connectivity index (χ1) is 8.29. The highest BCUT2D eigenvalue weighted by molar-refractivity contribution is 5.53. The lowest BCUT2D eigenvalue weighted by molar-refractivity contribution is 0.475. The number of nitrogens with one attached hydrogen (secondary N) is 1. The van der Waals surface area contributed by atoms with Crippen LogP contribution in [-0.4, -0.2) is 10.1 Å². The van der Waals surface area contributed by atoms with E-state index in [0.717, 1.165) is 5.56 Å². The number of phenolic OH excluding ortho intramolecular Hbond substituents is 1. The minimum absolute atomic E-state index is 0.243. The van der Waals surface area contributed by atoms with Crippen LogP contribution >= 0.6 is 0 Å². The van der Waals surface area contributed by atoms with Crippen LogP contribution in [0.5, 0.6) is 5.75 Å². The van der Waals surface area contributed by atoms with Crippen LogP contribution in [0.2, 0.25) is 0 Å². The molecule has 17 heavy (non-hydrogen) atoms. The Balaban J connectivity index is 2.08. The van der Waals surface area contributed by atoms with Crippen molar-refractivity contribution in [3.63, 3.8) is 0 Å². The second-order valence-electron chi connectivity index (χ2n) is 3.53. The number of nitriles is 1. The van der Waals surface area contributed by atoms with E-state index in [1.54, 1.807) is 24.4 Å². The van der Waals surface area contributed by atoms with E-state index >= 15 is 0 Å². The molecule has 1 aromatic carbocycles. The summed E-state index contributed by atoms with van der Waals surface area (Å²) < 4.78 is 0. The molecule has 0 amide bonds. The SMILES string of the molecule is N#Cc1ncccc1NCc1ccc(O)cc1. The van der Waals surface area contributed by atoms with Gasteiger partial charge < -0.3 is 10.4 Å². The van der Waals surface area contributed by atoms with E-state index < -0.39 is 0 Å². The van der Waals surface area contributed by atoms with Gasteiger partial charge in [-0.15, -0.1) is 0 Å². The van der Waals surface area contributed by atoms with Crippen molar-refractivity contribution in [3.8, 4) is 11.8 Å². The summed E-state index contributed by atoms with van der Waals surface area (Å²) in [6.07, 6.45) is 1.59. The van der Waals surface area contributed by atoms with Gasteiger partial charge in [-0.25, -0.2) is 4.98 Å². The van der Waals surface area contributed by atoms with E-state index in [4.69, 9.17) is 10.4 Å². The number of rotatable bonds is 3. The van der Waals surface area contributed by atoms with Crippen molar-refractivity contribution in [2.75, 3.05) is 5.32 Å². The first-order valence-corrected chi connectivity index (χ1v) is 5.16. The summed E-state index contributed by atoms with van der Waals surface area (Å²) in [4.78, 5) is 3.96. The number of nitrogens with zero attached hydrogens (tertiary/aromatic N) is 2. The van der Waals surface area contributed by atoms with Crippen molar-refractivity contribution in [1.82, 2.24) is 4.98 Å². The maximum absolute atomic E-state index is 9.15. The van der Waals surface area contributed by atoms with Gasteiger partial charge in [0.25, 0.3) is 0 Å². The lowest BCUT2D eigenvalue weighted by Gasteiger charge is -2.07. The molecule has 0 unspecified atom stereocenters. The Bertz CT molecular complexity index is 543. The van der Waals surface area contributed by atoms with Crippen molar-refractivity contribution in [2.45, 2.75) is 6.54 Å². The average molecular weight is 225 g/mol. The molecule has 0 atom stereocenters. The number of anilines is 1. The molecule has 0 saturated heterocycles. The van der Waals surface area contributed by atoms with Gasteiger partial charge in [0.2, 0.25) is 0 Å². The molecule has 0 fully saturated rings. The summed E-state index contributed by atoms with van der Waals surface area (Å²) in [6, 6.07) is 12.5. The first kappa shape index (κ1) is 11.0. The Morgan fingerprint density at radius 1 is 1.24 bits per heavy atom. The van der Waals surface area contributed by atoms with Crippen molar-refractivity contribution < 1.29 is 5.11 Å². The largest absolute Gasteiger partial charge is 0.508 e. The number of phenols is 1. The summed E-state index contributed by atoms with van der Waals surface area (Å²) in [7, 11) is 0. The number of aromatic nitrogens is 1. The minimum Gasteiger partial charge on any atom is -0.508 e. The highest BCUT2D eigenvalue weighted by Gasteiger charge is 2.01. The molecule has 1 heterocycles. The van der Waals surface area contributed by atoms with Gasteiger partial charge in [-0.2, -0.15) is 5.26 Å². The molecule has 0 bridgehead atoms. The second kappa shape index (κ2) is 4.99. The summed E-state index contributed by atoms with van der Waals surface area (Å²) >= 11 is 0. The van der Waals surface area contributed by atoms with Crippen LogP contribution in [0, 0.1) is 11.3 Å².